The molecule has 134 valence electrons. The van der Waals surface area contributed by atoms with E-state index in [1.54, 1.807) is 23.5 Å². The van der Waals surface area contributed by atoms with Crippen LogP contribution < -0.4 is 4.90 Å². The van der Waals surface area contributed by atoms with Crippen LogP contribution in [-0.2, 0) is 0 Å². The van der Waals surface area contributed by atoms with Crippen molar-refractivity contribution in [2.24, 2.45) is 0 Å². The third-order valence-corrected chi connectivity index (χ3v) is 5.42. The summed E-state index contributed by atoms with van der Waals surface area (Å²) in [5.41, 5.74) is 3.30. The molecule has 0 unspecified atom stereocenters. The van der Waals surface area contributed by atoms with Gasteiger partial charge in [-0.25, -0.2) is 0 Å². The molecule has 0 spiro atoms. The van der Waals surface area contributed by atoms with Crippen LogP contribution in [0.2, 0.25) is 0 Å². The number of nitro benzene ring substituents is 1. The normalized spacial score (nSPS) is 10.7. The number of aliphatic hydroxyl groups excluding tert-OH is 1. The quantitative estimate of drug-likeness (QED) is 0.480. The number of nitrogens with zero attached hydrogens (tertiary/aromatic N) is 2. The molecular formula is C20H20N2O3S. The third kappa shape index (κ3) is 3.92. The highest BCUT2D eigenvalue weighted by Crippen LogP contribution is 2.35. The summed E-state index contributed by atoms with van der Waals surface area (Å²) in [7, 11) is 0. The van der Waals surface area contributed by atoms with Crippen LogP contribution in [0.15, 0.2) is 60.7 Å². The van der Waals surface area contributed by atoms with E-state index in [9.17, 15) is 10.1 Å². The van der Waals surface area contributed by atoms with Crippen LogP contribution in [0.1, 0.15) is 6.92 Å². The molecule has 2 aromatic carbocycles. The van der Waals surface area contributed by atoms with E-state index in [1.807, 2.05) is 6.07 Å². The number of non-ortho nitro benzene ring substituents is 1. The van der Waals surface area contributed by atoms with Crippen molar-refractivity contribution in [3.8, 4) is 20.9 Å². The van der Waals surface area contributed by atoms with E-state index < -0.39 is 0 Å². The number of benzene rings is 2. The van der Waals surface area contributed by atoms with E-state index in [1.165, 1.54) is 12.1 Å². The maximum absolute atomic E-state index is 10.8. The number of hydrogen-bond donors (Lipinski definition) is 1. The van der Waals surface area contributed by atoms with Crippen molar-refractivity contribution in [3.63, 3.8) is 0 Å². The lowest BCUT2D eigenvalue weighted by molar-refractivity contribution is -0.384. The minimum Gasteiger partial charge on any atom is -0.395 e. The van der Waals surface area contributed by atoms with Crippen molar-refractivity contribution in [1.29, 1.82) is 0 Å². The van der Waals surface area contributed by atoms with Crippen molar-refractivity contribution in [3.05, 3.63) is 70.8 Å². The van der Waals surface area contributed by atoms with Gasteiger partial charge in [0.05, 0.1) is 11.5 Å². The standard InChI is InChI=1S/C20H20N2O3S/c1-2-21(13-14-23)17-7-3-15(4-8-17)19-11-12-20(26-19)16-5-9-18(10-6-16)22(24)25/h3-12,23H,2,13-14H2,1H3. The molecule has 0 radical (unpaired) electrons. The number of nitro groups is 1. The number of anilines is 1. The van der Waals surface area contributed by atoms with Crippen LogP contribution in [0.3, 0.4) is 0 Å². The second-order valence-corrected chi connectivity index (χ2v) is 6.90. The van der Waals surface area contributed by atoms with Gasteiger partial charge < -0.3 is 10.0 Å². The Hall–Kier alpha value is -2.70. The lowest BCUT2D eigenvalue weighted by atomic mass is 10.1. The van der Waals surface area contributed by atoms with Crippen molar-refractivity contribution in [2.75, 3.05) is 24.6 Å². The number of rotatable bonds is 7. The molecule has 1 aromatic heterocycles. The van der Waals surface area contributed by atoms with Crippen LogP contribution in [0.4, 0.5) is 11.4 Å². The Labute approximate surface area is 156 Å². The number of thiophene rings is 1. The lowest BCUT2D eigenvalue weighted by Gasteiger charge is -2.22. The Morgan fingerprint density at radius 1 is 0.962 bits per heavy atom. The van der Waals surface area contributed by atoms with Gasteiger partial charge in [-0.15, -0.1) is 11.3 Å². The van der Waals surface area contributed by atoms with E-state index in [4.69, 9.17) is 5.11 Å². The van der Waals surface area contributed by atoms with Gasteiger partial charge in [0, 0.05) is 40.7 Å². The number of likely N-dealkylation sites (N-methyl/N-ethyl adjacent to an activating group) is 1. The van der Waals surface area contributed by atoms with Crippen molar-refractivity contribution in [1.82, 2.24) is 0 Å². The Kier molecular flexibility index (Phi) is 5.65. The predicted molar refractivity (Wildman–Crippen MR) is 107 cm³/mol. The van der Waals surface area contributed by atoms with Gasteiger partial charge in [0.1, 0.15) is 0 Å². The highest BCUT2D eigenvalue weighted by atomic mass is 32.1. The highest BCUT2D eigenvalue weighted by Gasteiger charge is 2.09. The van der Waals surface area contributed by atoms with Gasteiger partial charge in [-0.2, -0.15) is 0 Å². The summed E-state index contributed by atoms with van der Waals surface area (Å²) in [5.74, 6) is 0. The largest absolute Gasteiger partial charge is 0.395 e. The molecule has 0 aliphatic rings. The van der Waals surface area contributed by atoms with E-state index in [2.05, 4.69) is 42.2 Å². The summed E-state index contributed by atoms with van der Waals surface area (Å²) >= 11 is 1.66. The Bertz CT molecular complexity index is 873. The van der Waals surface area contributed by atoms with E-state index >= 15 is 0 Å². The Morgan fingerprint density at radius 2 is 1.50 bits per heavy atom. The van der Waals surface area contributed by atoms with E-state index in [-0.39, 0.29) is 17.2 Å². The number of hydrogen-bond acceptors (Lipinski definition) is 5. The van der Waals surface area contributed by atoms with Crippen LogP contribution in [0.25, 0.3) is 20.9 Å². The maximum Gasteiger partial charge on any atom is 0.269 e. The SMILES string of the molecule is CCN(CCO)c1ccc(-c2ccc(-c3ccc([N+](=O)[O-])cc3)s2)cc1. The van der Waals surface area contributed by atoms with Crippen LogP contribution in [-0.4, -0.2) is 29.7 Å². The van der Waals surface area contributed by atoms with Gasteiger partial charge >= 0.3 is 0 Å². The third-order valence-electron chi connectivity index (χ3n) is 4.24. The first-order valence-corrected chi connectivity index (χ1v) is 9.25. The summed E-state index contributed by atoms with van der Waals surface area (Å²) in [6.45, 7) is 3.68. The smallest absolute Gasteiger partial charge is 0.269 e. The zero-order valence-electron chi connectivity index (χ0n) is 14.5. The average Bonchev–Trinajstić information content (AvgIpc) is 3.16. The summed E-state index contributed by atoms with van der Waals surface area (Å²) in [5, 5.41) is 19.9. The molecule has 0 saturated carbocycles. The molecule has 3 rings (SSSR count). The molecule has 0 amide bonds. The highest BCUT2D eigenvalue weighted by molar-refractivity contribution is 7.18. The summed E-state index contributed by atoms with van der Waals surface area (Å²) in [6, 6.07) is 19.0. The topological polar surface area (TPSA) is 66.6 Å². The van der Waals surface area contributed by atoms with Crippen molar-refractivity contribution < 1.29 is 10.0 Å². The van der Waals surface area contributed by atoms with Gasteiger partial charge in [0.2, 0.25) is 0 Å². The van der Waals surface area contributed by atoms with E-state index in [0.717, 1.165) is 33.1 Å². The molecule has 0 fully saturated rings. The van der Waals surface area contributed by atoms with Gasteiger partial charge in [-0.3, -0.25) is 10.1 Å². The molecule has 0 saturated heterocycles. The van der Waals surface area contributed by atoms with Crippen molar-refractivity contribution >= 4 is 22.7 Å². The monoisotopic (exact) mass is 368 g/mol. The Balaban J connectivity index is 1.80. The first kappa shape index (κ1) is 18.1. The lowest BCUT2D eigenvalue weighted by Crippen LogP contribution is -2.25. The fraction of sp³-hybridized carbons (Fsp3) is 0.200. The molecule has 3 aromatic rings. The zero-order chi connectivity index (χ0) is 18.5. The van der Waals surface area contributed by atoms with E-state index in [0.29, 0.717) is 6.54 Å². The number of aliphatic hydroxyl groups is 1. The molecule has 0 aliphatic carbocycles. The molecule has 26 heavy (non-hydrogen) atoms. The van der Waals surface area contributed by atoms with Gasteiger partial charge in [-0.1, -0.05) is 12.1 Å². The minimum absolute atomic E-state index is 0.101. The zero-order valence-corrected chi connectivity index (χ0v) is 15.3. The summed E-state index contributed by atoms with van der Waals surface area (Å²) in [6.07, 6.45) is 0. The fourth-order valence-electron chi connectivity index (χ4n) is 2.82. The summed E-state index contributed by atoms with van der Waals surface area (Å²) < 4.78 is 0. The minimum atomic E-state index is -0.387. The molecule has 1 heterocycles. The second kappa shape index (κ2) is 8.12. The molecular weight excluding hydrogens is 348 g/mol. The van der Waals surface area contributed by atoms with Gasteiger partial charge in [0.25, 0.3) is 5.69 Å². The first-order valence-electron chi connectivity index (χ1n) is 8.43. The predicted octanol–water partition coefficient (Wildman–Crippen LogP) is 4.81. The molecule has 0 bridgehead atoms. The van der Waals surface area contributed by atoms with Crippen molar-refractivity contribution in [2.45, 2.75) is 6.92 Å². The fourth-order valence-corrected chi connectivity index (χ4v) is 3.84. The van der Waals surface area contributed by atoms with Crippen LogP contribution >= 0.6 is 11.3 Å². The molecule has 0 atom stereocenters. The van der Waals surface area contributed by atoms with Gasteiger partial charge in [-0.05, 0) is 54.4 Å². The average molecular weight is 368 g/mol. The maximum atomic E-state index is 10.8. The van der Waals surface area contributed by atoms with Gasteiger partial charge in [0.15, 0.2) is 0 Å². The second-order valence-electron chi connectivity index (χ2n) is 5.82. The van der Waals surface area contributed by atoms with Crippen LogP contribution in [0.5, 0.6) is 0 Å². The molecule has 6 heteroatoms. The first-order chi connectivity index (χ1) is 12.6. The Morgan fingerprint density at radius 3 is 1.96 bits per heavy atom. The summed E-state index contributed by atoms with van der Waals surface area (Å²) in [4.78, 5) is 14.7. The molecule has 0 aliphatic heterocycles. The molecule has 5 nitrogen and oxygen atoms in total. The van der Waals surface area contributed by atoms with Crippen LogP contribution in [0, 0.1) is 10.1 Å². The molecule has 1 N–H and O–H groups in total.